The summed E-state index contributed by atoms with van der Waals surface area (Å²) in [6, 6.07) is 0. The Morgan fingerprint density at radius 3 is 2.31 bits per heavy atom. The second kappa shape index (κ2) is 4.45. The lowest BCUT2D eigenvalue weighted by Crippen LogP contribution is -1.98. The molecule has 0 N–H and O–H groups in total. The van der Waals surface area contributed by atoms with Crippen LogP contribution in [0.25, 0.3) is 0 Å². The molecule has 1 saturated carbocycles. The smallest absolute Gasteiger partial charge is 0.000481 e. The van der Waals surface area contributed by atoms with E-state index in [1.807, 2.05) is 0 Å². The van der Waals surface area contributed by atoms with Crippen LogP contribution in [0.4, 0.5) is 0 Å². The second-order valence-corrected chi connectivity index (χ2v) is 4.01. The van der Waals surface area contributed by atoms with Crippen molar-refractivity contribution in [3.05, 3.63) is 36.5 Å². The van der Waals surface area contributed by atoms with E-state index in [1.165, 1.54) is 23.1 Å². The highest BCUT2D eigenvalue weighted by Crippen LogP contribution is 2.37. The highest BCUT2D eigenvalue weighted by Gasteiger charge is 2.22. The SMILES string of the molecule is C=C(CC)CCC1C(=C)CCC1=C. The zero-order valence-corrected chi connectivity index (χ0v) is 8.73. The van der Waals surface area contributed by atoms with E-state index in [0.29, 0.717) is 5.92 Å². The first-order valence-corrected chi connectivity index (χ1v) is 5.17. The van der Waals surface area contributed by atoms with Crippen LogP contribution >= 0.6 is 0 Å². The number of hydrogen-bond acceptors (Lipinski definition) is 0. The van der Waals surface area contributed by atoms with Gasteiger partial charge in [-0.15, -0.1) is 0 Å². The molecule has 0 radical (unpaired) electrons. The predicted octanol–water partition coefficient (Wildman–Crippen LogP) is 4.26. The molecule has 0 aliphatic heterocycles. The Kier molecular flexibility index (Phi) is 3.53. The van der Waals surface area contributed by atoms with Gasteiger partial charge in [-0.1, -0.05) is 43.4 Å². The summed E-state index contributed by atoms with van der Waals surface area (Å²) in [5.74, 6) is 0.586. The number of hydrogen-bond donors (Lipinski definition) is 0. The fourth-order valence-electron chi connectivity index (χ4n) is 1.89. The van der Waals surface area contributed by atoms with Crippen LogP contribution in [0.1, 0.15) is 39.0 Å². The Labute approximate surface area is 82.0 Å². The standard InChI is InChI=1S/C13H20/c1-5-10(2)6-9-13-11(3)7-8-12(13)4/h13H,2-9H2,1H3. The lowest BCUT2D eigenvalue weighted by molar-refractivity contribution is 0.658. The highest BCUT2D eigenvalue weighted by molar-refractivity contribution is 5.24. The second-order valence-electron chi connectivity index (χ2n) is 4.01. The Morgan fingerprint density at radius 2 is 1.85 bits per heavy atom. The molecule has 1 fully saturated rings. The molecule has 13 heavy (non-hydrogen) atoms. The van der Waals surface area contributed by atoms with E-state index in [0.717, 1.165) is 25.7 Å². The van der Waals surface area contributed by atoms with E-state index in [-0.39, 0.29) is 0 Å². The molecule has 0 bridgehead atoms. The molecule has 0 spiro atoms. The zero-order valence-electron chi connectivity index (χ0n) is 8.73. The van der Waals surface area contributed by atoms with E-state index in [4.69, 9.17) is 0 Å². The van der Waals surface area contributed by atoms with Gasteiger partial charge in [-0.2, -0.15) is 0 Å². The van der Waals surface area contributed by atoms with E-state index in [2.05, 4.69) is 26.7 Å². The molecular formula is C13H20. The minimum absolute atomic E-state index is 0.586. The fourth-order valence-corrected chi connectivity index (χ4v) is 1.89. The predicted molar refractivity (Wildman–Crippen MR) is 59.7 cm³/mol. The van der Waals surface area contributed by atoms with Crippen molar-refractivity contribution in [2.45, 2.75) is 39.0 Å². The first kappa shape index (κ1) is 10.3. The lowest BCUT2D eigenvalue weighted by Gasteiger charge is -2.12. The molecule has 0 aromatic carbocycles. The van der Waals surface area contributed by atoms with Crippen LogP contribution < -0.4 is 0 Å². The maximum absolute atomic E-state index is 4.10. The molecule has 1 rings (SSSR count). The highest BCUT2D eigenvalue weighted by atomic mass is 14.3. The normalized spacial score (nSPS) is 18.2. The van der Waals surface area contributed by atoms with Crippen LogP contribution in [0.2, 0.25) is 0 Å². The summed E-state index contributed by atoms with van der Waals surface area (Å²) in [4.78, 5) is 0. The first-order chi connectivity index (χ1) is 6.15. The van der Waals surface area contributed by atoms with Gasteiger partial charge in [0.15, 0.2) is 0 Å². The van der Waals surface area contributed by atoms with E-state index in [1.54, 1.807) is 0 Å². The van der Waals surface area contributed by atoms with Gasteiger partial charge >= 0.3 is 0 Å². The zero-order chi connectivity index (χ0) is 9.84. The molecule has 1 aliphatic rings. The van der Waals surface area contributed by atoms with Crippen LogP contribution in [0.3, 0.4) is 0 Å². The average Bonchev–Trinajstić information content (AvgIpc) is 2.43. The van der Waals surface area contributed by atoms with Crippen molar-refractivity contribution in [3.8, 4) is 0 Å². The molecular weight excluding hydrogens is 156 g/mol. The van der Waals surface area contributed by atoms with Crippen LogP contribution in [-0.2, 0) is 0 Å². The van der Waals surface area contributed by atoms with E-state index >= 15 is 0 Å². The molecule has 72 valence electrons. The molecule has 0 heteroatoms. The quantitative estimate of drug-likeness (QED) is 0.561. The van der Waals surface area contributed by atoms with Crippen molar-refractivity contribution in [3.63, 3.8) is 0 Å². The van der Waals surface area contributed by atoms with Gasteiger partial charge in [-0.05, 0) is 32.1 Å². The van der Waals surface area contributed by atoms with Gasteiger partial charge in [0.05, 0.1) is 0 Å². The molecule has 0 nitrogen and oxygen atoms in total. The molecule has 0 aromatic heterocycles. The summed E-state index contributed by atoms with van der Waals surface area (Å²) in [7, 11) is 0. The summed E-state index contributed by atoms with van der Waals surface area (Å²) in [5.41, 5.74) is 4.12. The molecule has 0 aromatic rings. The van der Waals surface area contributed by atoms with Gasteiger partial charge in [0.25, 0.3) is 0 Å². The topological polar surface area (TPSA) is 0 Å². The molecule has 0 atom stereocenters. The third-order valence-corrected chi connectivity index (χ3v) is 3.04. The summed E-state index contributed by atoms with van der Waals surface area (Å²) in [6.45, 7) is 14.4. The van der Waals surface area contributed by atoms with E-state index in [9.17, 15) is 0 Å². The minimum atomic E-state index is 0.586. The van der Waals surface area contributed by atoms with Gasteiger partial charge < -0.3 is 0 Å². The monoisotopic (exact) mass is 176 g/mol. The molecule has 0 saturated heterocycles. The first-order valence-electron chi connectivity index (χ1n) is 5.17. The van der Waals surface area contributed by atoms with Crippen LogP contribution in [0, 0.1) is 5.92 Å². The Balaban J connectivity index is 2.40. The van der Waals surface area contributed by atoms with Crippen molar-refractivity contribution < 1.29 is 0 Å². The van der Waals surface area contributed by atoms with Crippen LogP contribution in [-0.4, -0.2) is 0 Å². The van der Waals surface area contributed by atoms with Crippen LogP contribution in [0.5, 0.6) is 0 Å². The van der Waals surface area contributed by atoms with Gasteiger partial charge in [-0.25, -0.2) is 0 Å². The van der Waals surface area contributed by atoms with E-state index < -0.39 is 0 Å². The Bertz CT molecular complexity index is 216. The van der Waals surface area contributed by atoms with Crippen molar-refractivity contribution in [1.82, 2.24) is 0 Å². The van der Waals surface area contributed by atoms with Crippen molar-refractivity contribution in [2.24, 2.45) is 5.92 Å². The number of rotatable bonds is 4. The lowest BCUT2D eigenvalue weighted by atomic mass is 9.93. The fraction of sp³-hybridized carbons (Fsp3) is 0.538. The molecule has 1 aliphatic carbocycles. The third-order valence-electron chi connectivity index (χ3n) is 3.04. The van der Waals surface area contributed by atoms with Crippen molar-refractivity contribution >= 4 is 0 Å². The van der Waals surface area contributed by atoms with Crippen LogP contribution in [0.15, 0.2) is 36.5 Å². The summed E-state index contributed by atoms with van der Waals surface area (Å²) in [6.07, 6.45) is 5.74. The third kappa shape index (κ3) is 2.58. The van der Waals surface area contributed by atoms with Gasteiger partial charge in [0.2, 0.25) is 0 Å². The van der Waals surface area contributed by atoms with Crippen molar-refractivity contribution in [1.29, 1.82) is 0 Å². The Morgan fingerprint density at radius 1 is 1.31 bits per heavy atom. The summed E-state index contributed by atoms with van der Waals surface area (Å²) < 4.78 is 0. The largest absolute Gasteiger partial charge is 0.0999 e. The molecule has 0 amide bonds. The molecule has 0 heterocycles. The minimum Gasteiger partial charge on any atom is -0.0999 e. The summed E-state index contributed by atoms with van der Waals surface area (Å²) in [5, 5.41) is 0. The number of allylic oxidation sites excluding steroid dienone is 3. The van der Waals surface area contributed by atoms with Gasteiger partial charge in [0.1, 0.15) is 0 Å². The Hall–Kier alpha value is -0.780. The average molecular weight is 176 g/mol. The maximum atomic E-state index is 4.10. The maximum Gasteiger partial charge on any atom is 0.000481 e. The van der Waals surface area contributed by atoms with Gasteiger partial charge in [-0.3, -0.25) is 0 Å². The van der Waals surface area contributed by atoms with Gasteiger partial charge in [0, 0.05) is 5.92 Å². The summed E-state index contributed by atoms with van der Waals surface area (Å²) >= 11 is 0. The molecule has 0 unspecified atom stereocenters. The van der Waals surface area contributed by atoms with Crippen molar-refractivity contribution in [2.75, 3.05) is 0 Å².